The lowest BCUT2D eigenvalue weighted by atomic mass is 10.2. The van der Waals surface area contributed by atoms with Crippen LogP contribution in [0.25, 0.3) is 10.9 Å². The molecule has 0 saturated heterocycles. The van der Waals surface area contributed by atoms with Crippen molar-refractivity contribution in [2.75, 3.05) is 5.32 Å². The highest BCUT2D eigenvalue weighted by Gasteiger charge is 2.12. The Bertz CT molecular complexity index is 578. The summed E-state index contributed by atoms with van der Waals surface area (Å²) in [6.45, 7) is 3.01. The van der Waals surface area contributed by atoms with Crippen LogP contribution < -0.4 is 5.32 Å². The van der Waals surface area contributed by atoms with Crippen LogP contribution in [0, 0.1) is 0 Å². The van der Waals surface area contributed by atoms with Gasteiger partial charge in [0.1, 0.15) is 0 Å². The number of hydrogen-bond donors (Lipinski definition) is 2. The zero-order valence-electron chi connectivity index (χ0n) is 10.1. The van der Waals surface area contributed by atoms with E-state index in [1.807, 2.05) is 18.3 Å². The summed E-state index contributed by atoms with van der Waals surface area (Å²) in [4.78, 5) is 10.7. The number of hydrogen-bond acceptors (Lipinski definition) is 1. The number of anilines is 1. The second-order valence-corrected chi connectivity index (χ2v) is 4.56. The summed E-state index contributed by atoms with van der Waals surface area (Å²) >= 11 is 6.19. The van der Waals surface area contributed by atoms with Crippen molar-refractivity contribution in [1.29, 1.82) is 0 Å². The Labute approximate surface area is 110 Å². The van der Waals surface area contributed by atoms with Crippen LogP contribution >= 0.6 is 11.6 Å². The van der Waals surface area contributed by atoms with Gasteiger partial charge in [0.15, 0.2) is 0 Å². The fourth-order valence-electron chi connectivity index (χ4n) is 2.03. The first-order valence-electron chi connectivity index (χ1n) is 5.90. The van der Waals surface area contributed by atoms with Gasteiger partial charge in [0.2, 0.25) is 0 Å². The molecule has 0 spiro atoms. The van der Waals surface area contributed by atoms with Crippen molar-refractivity contribution in [3.63, 3.8) is 0 Å². The molecule has 2 rings (SSSR count). The zero-order chi connectivity index (χ0) is 13.1. The second-order valence-electron chi connectivity index (χ2n) is 4.15. The van der Waals surface area contributed by atoms with Gasteiger partial charge in [0, 0.05) is 18.1 Å². The Morgan fingerprint density at radius 3 is 2.94 bits per heavy atom. The molecule has 0 aliphatic rings. The van der Waals surface area contributed by atoms with Gasteiger partial charge < -0.3 is 9.67 Å². The Balaban J connectivity index is 2.49. The van der Waals surface area contributed by atoms with Crippen LogP contribution in [-0.2, 0) is 6.54 Å². The molecule has 1 aromatic carbocycles. The van der Waals surface area contributed by atoms with Crippen LogP contribution in [0.1, 0.15) is 19.8 Å². The highest BCUT2D eigenvalue weighted by atomic mass is 35.5. The van der Waals surface area contributed by atoms with E-state index >= 15 is 0 Å². The van der Waals surface area contributed by atoms with Crippen molar-refractivity contribution in [2.45, 2.75) is 26.3 Å². The summed E-state index contributed by atoms with van der Waals surface area (Å²) in [5.41, 5.74) is 1.49. The Kier molecular flexibility index (Phi) is 3.77. The van der Waals surface area contributed by atoms with E-state index in [-0.39, 0.29) is 0 Å². The lowest BCUT2D eigenvalue weighted by Gasteiger charge is -2.06. The van der Waals surface area contributed by atoms with E-state index in [0.717, 1.165) is 30.3 Å². The zero-order valence-corrected chi connectivity index (χ0v) is 10.9. The topological polar surface area (TPSA) is 54.3 Å². The lowest BCUT2D eigenvalue weighted by Crippen LogP contribution is -2.07. The van der Waals surface area contributed by atoms with Crippen LogP contribution in [0.2, 0.25) is 5.02 Å². The number of carbonyl (C=O) groups is 1. The van der Waals surface area contributed by atoms with Gasteiger partial charge in [-0.3, -0.25) is 5.32 Å². The minimum atomic E-state index is -1.08. The van der Waals surface area contributed by atoms with Gasteiger partial charge in [-0.25, -0.2) is 4.79 Å². The van der Waals surface area contributed by atoms with E-state index < -0.39 is 6.09 Å². The molecule has 5 heteroatoms. The van der Waals surface area contributed by atoms with Crippen LogP contribution in [0.5, 0.6) is 0 Å². The smallest absolute Gasteiger partial charge is 0.409 e. The summed E-state index contributed by atoms with van der Waals surface area (Å²) in [7, 11) is 0. The van der Waals surface area contributed by atoms with E-state index in [2.05, 4.69) is 16.8 Å². The van der Waals surface area contributed by atoms with Gasteiger partial charge >= 0.3 is 6.09 Å². The molecule has 1 aromatic heterocycles. The monoisotopic (exact) mass is 266 g/mol. The number of fused-ring (bicyclic) bond motifs is 1. The fraction of sp³-hybridized carbons (Fsp3) is 0.308. The summed E-state index contributed by atoms with van der Waals surface area (Å²) in [6.07, 6.45) is 2.94. The van der Waals surface area contributed by atoms with Crippen LogP contribution in [0.15, 0.2) is 24.4 Å². The van der Waals surface area contributed by atoms with Crippen molar-refractivity contribution in [2.24, 2.45) is 0 Å². The van der Waals surface area contributed by atoms with E-state index in [1.54, 1.807) is 6.07 Å². The van der Waals surface area contributed by atoms with E-state index in [0.29, 0.717) is 10.7 Å². The highest BCUT2D eigenvalue weighted by Crippen LogP contribution is 2.32. The average molecular weight is 267 g/mol. The molecule has 1 heterocycles. The van der Waals surface area contributed by atoms with E-state index in [4.69, 9.17) is 16.7 Å². The van der Waals surface area contributed by atoms with Crippen LogP contribution in [0.3, 0.4) is 0 Å². The third kappa shape index (κ3) is 2.43. The SMILES string of the molecule is CCCCn1cc(Cl)c2c(NC(=O)O)cccc21. The number of carboxylic acid groups (broad SMARTS) is 1. The van der Waals surface area contributed by atoms with Crippen LogP contribution in [-0.4, -0.2) is 15.8 Å². The molecular weight excluding hydrogens is 252 g/mol. The second kappa shape index (κ2) is 5.31. The highest BCUT2D eigenvalue weighted by molar-refractivity contribution is 6.37. The Hall–Kier alpha value is -1.68. The standard InChI is InChI=1S/C13H15ClN2O2/c1-2-3-7-16-8-9(14)12-10(15-13(17)18)5-4-6-11(12)16/h4-6,8,15H,2-3,7H2,1H3,(H,17,18). The molecule has 0 atom stereocenters. The molecule has 2 aromatic rings. The number of rotatable bonds is 4. The molecule has 0 fully saturated rings. The average Bonchev–Trinajstić information content (AvgIpc) is 2.64. The van der Waals surface area contributed by atoms with Crippen molar-refractivity contribution in [3.8, 4) is 0 Å². The minimum Gasteiger partial charge on any atom is -0.465 e. The molecule has 2 N–H and O–H groups in total. The van der Waals surface area contributed by atoms with Crippen molar-refractivity contribution in [1.82, 2.24) is 4.57 Å². The number of aryl methyl sites for hydroxylation is 1. The predicted octanol–water partition coefficient (Wildman–Crippen LogP) is 4.18. The predicted molar refractivity (Wildman–Crippen MR) is 73.5 cm³/mol. The van der Waals surface area contributed by atoms with E-state index in [1.165, 1.54) is 0 Å². The third-order valence-electron chi connectivity index (χ3n) is 2.85. The van der Waals surface area contributed by atoms with Gasteiger partial charge in [-0.1, -0.05) is 31.0 Å². The number of aromatic nitrogens is 1. The van der Waals surface area contributed by atoms with Gasteiger partial charge in [-0.05, 0) is 18.6 Å². The van der Waals surface area contributed by atoms with Crippen LogP contribution in [0.4, 0.5) is 10.5 Å². The first-order chi connectivity index (χ1) is 8.63. The molecule has 96 valence electrons. The summed E-state index contributed by atoms with van der Waals surface area (Å²) in [6, 6.07) is 5.49. The van der Waals surface area contributed by atoms with Gasteiger partial charge in [-0.2, -0.15) is 0 Å². The maximum atomic E-state index is 10.7. The van der Waals surface area contributed by atoms with Gasteiger partial charge in [0.25, 0.3) is 0 Å². The number of nitrogens with one attached hydrogen (secondary N) is 1. The molecule has 18 heavy (non-hydrogen) atoms. The lowest BCUT2D eigenvalue weighted by molar-refractivity contribution is 0.210. The Morgan fingerprint density at radius 2 is 2.28 bits per heavy atom. The summed E-state index contributed by atoms with van der Waals surface area (Å²) in [5, 5.41) is 12.5. The fourth-order valence-corrected chi connectivity index (χ4v) is 2.35. The van der Waals surface area contributed by atoms with Crippen molar-refractivity contribution >= 4 is 34.3 Å². The molecular formula is C13H15ClN2O2. The summed E-state index contributed by atoms with van der Waals surface area (Å²) < 4.78 is 2.06. The molecule has 0 unspecified atom stereocenters. The molecule has 0 aliphatic heterocycles. The number of halogens is 1. The molecule has 0 radical (unpaired) electrons. The normalized spacial score (nSPS) is 10.8. The number of unbranched alkanes of at least 4 members (excludes halogenated alkanes) is 1. The molecule has 1 amide bonds. The van der Waals surface area contributed by atoms with Crippen molar-refractivity contribution < 1.29 is 9.90 Å². The van der Waals surface area contributed by atoms with Gasteiger partial charge in [0.05, 0.1) is 16.2 Å². The van der Waals surface area contributed by atoms with E-state index in [9.17, 15) is 4.79 Å². The largest absolute Gasteiger partial charge is 0.465 e. The quantitative estimate of drug-likeness (QED) is 0.872. The molecule has 0 aliphatic carbocycles. The maximum Gasteiger partial charge on any atom is 0.409 e. The minimum absolute atomic E-state index is 0.528. The first kappa shape index (κ1) is 12.8. The maximum absolute atomic E-state index is 10.7. The molecule has 0 bridgehead atoms. The van der Waals surface area contributed by atoms with Gasteiger partial charge in [-0.15, -0.1) is 0 Å². The molecule has 0 saturated carbocycles. The number of amides is 1. The first-order valence-corrected chi connectivity index (χ1v) is 6.28. The Morgan fingerprint density at radius 1 is 1.50 bits per heavy atom. The summed E-state index contributed by atoms with van der Waals surface area (Å²) in [5.74, 6) is 0. The number of benzene rings is 1. The third-order valence-corrected chi connectivity index (χ3v) is 3.14. The number of nitrogens with zero attached hydrogens (tertiary/aromatic N) is 1. The van der Waals surface area contributed by atoms with Crippen molar-refractivity contribution in [3.05, 3.63) is 29.4 Å². The molecule has 4 nitrogen and oxygen atoms in total.